The van der Waals surface area contributed by atoms with Crippen LogP contribution in [0.3, 0.4) is 0 Å². The molecule has 41 heavy (non-hydrogen) atoms. The molecule has 4 heteroatoms. The molecule has 0 bridgehead atoms. The maximum absolute atomic E-state index is 4.50. The van der Waals surface area contributed by atoms with E-state index in [0.29, 0.717) is 0 Å². The fraction of sp³-hybridized carbons (Fsp3) is 0.405. The minimum atomic E-state index is 0.898. The second kappa shape index (κ2) is 29.5. The molecule has 0 saturated heterocycles. The second-order valence-corrected chi connectivity index (χ2v) is 8.56. The molecule has 0 unspecified atom stereocenters. The van der Waals surface area contributed by atoms with Crippen LogP contribution in [0.4, 0.5) is 0 Å². The summed E-state index contributed by atoms with van der Waals surface area (Å²) in [5, 5.41) is 8.26. The van der Waals surface area contributed by atoms with Crippen molar-refractivity contribution >= 4 is 0 Å². The fourth-order valence-electron chi connectivity index (χ4n) is 3.33. The molecule has 0 radical (unpaired) electrons. The number of hydrogen-bond acceptors (Lipinski definition) is 3. The van der Waals surface area contributed by atoms with Gasteiger partial charge in [0.1, 0.15) is 11.6 Å². The highest BCUT2D eigenvalue weighted by molar-refractivity contribution is 5.37. The molecule has 0 atom stereocenters. The molecule has 0 amide bonds. The Bertz CT molecular complexity index is 1100. The molecule has 4 nitrogen and oxygen atoms in total. The molecule has 3 rings (SSSR count). The van der Waals surface area contributed by atoms with Gasteiger partial charge in [0.15, 0.2) is 0 Å². The van der Waals surface area contributed by atoms with Gasteiger partial charge in [-0.2, -0.15) is 0 Å². The molecule has 0 fully saturated rings. The van der Waals surface area contributed by atoms with Crippen LogP contribution in [0, 0.1) is 20.8 Å². The Morgan fingerprint density at radius 2 is 1.41 bits per heavy atom. The zero-order chi connectivity index (χ0) is 32.1. The Kier molecular flexibility index (Phi) is 30.2. The van der Waals surface area contributed by atoms with E-state index < -0.39 is 0 Å². The predicted octanol–water partition coefficient (Wildman–Crippen LogP) is 10.3. The summed E-state index contributed by atoms with van der Waals surface area (Å²) in [6, 6.07) is 17.0. The van der Waals surface area contributed by atoms with Crippen molar-refractivity contribution in [2.45, 2.75) is 94.9 Å². The van der Waals surface area contributed by atoms with Crippen LogP contribution in [0.15, 0.2) is 97.6 Å². The van der Waals surface area contributed by atoms with E-state index >= 15 is 0 Å². The summed E-state index contributed by atoms with van der Waals surface area (Å²) in [7, 11) is 1.50. The van der Waals surface area contributed by atoms with Gasteiger partial charge in [-0.1, -0.05) is 120 Å². The van der Waals surface area contributed by atoms with Gasteiger partial charge >= 0.3 is 0 Å². The maximum atomic E-state index is 4.50. The third-order valence-electron chi connectivity index (χ3n) is 5.37. The van der Waals surface area contributed by atoms with E-state index in [4.69, 9.17) is 0 Å². The lowest BCUT2D eigenvalue weighted by atomic mass is 10.1. The van der Waals surface area contributed by atoms with Crippen LogP contribution in [0.5, 0.6) is 0 Å². The van der Waals surface area contributed by atoms with Gasteiger partial charge in [0.05, 0.1) is 0 Å². The standard InChI is InChI=1S/C12H15N3.C9H12.C9H14.C4H8.C2H6.CH5N/c1-4-12-14-13-10(3)15(12)11-7-5-6-9(2)8-11;1-3-9-6-4-5-8(2)7-9;1-4-7-9(6-3)8-5-2;1-3-4-2;2*1-2/h5-8H,4H2,1-3H3;4-7H,3H2,1-2H3;4-5,7-8H,1,6H2,2-3H3;3H,1,4H2,2H3;1-2H3;2H2,1H3/b;;8-5-,9-7-;;;. The van der Waals surface area contributed by atoms with Crippen molar-refractivity contribution in [1.82, 2.24) is 14.8 Å². The second-order valence-electron chi connectivity index (χ2n) is 8.56. The van der Waals surface area contributed by atoms with Crippen molar-refractivity contribution < 1.29 is 0 Å². The monoisotopic (exact) mass is 560 g/mol. The van der Waals surface area contributed by atoms with Crippen LogP contribution in [-0.4, -0.2) is 21.8 Å². The van der Waals surface area contributed by atoms with Gasteiger partial charge < -0.3 is 5.73 Å². The number of benzene rings is 2. The third-order valence-corrected chi connectivity index (χ3v) is 5.37. The fourth-order valence-corrected chi connectivity index (χ4v) is 3.33. The molecular formula is C37H60N4. The Hall–Kier alpha value is -3.50. The highest BCUT2D eigenvalue weighted by atomic mass is 15.3. The lowest BCUT2D eigenvalue weighted by molar-refractivity contribution is 0.870. The predicted molar refractivity (Wildman–Crippen MR) is 186 cm³/mol. The van der Waals surface area contributed by atoms with Gasteiger partial charge in [-0.05, 0) is 82.8 Å². The Morgan fingerprint density at radius 3 is 1.80 bits per heavy atom. The molecule has 0 aliphatic rings. The Morgan fingerprint density at radius 1 is 0.854 bits per heavy atom. The van der Waals surface area contributed by atoms with Gasteiger partial charge in [0, 0.05) is 12.1 Å². The van der Waals surface area contributed by atoms with Gasteiger partial charge in [-0.25, -0.2) is 0 Å². The molecule has 0 spiro atoms. The number of hydrogen-bond donors (Lipinski definition) is 1. The molecule has 2 N–H and O–H groups in total. The van der Waals surface area contributed by atoms with E-state index in [-0.39, 0.29) is 0 Å². The Balaban J connectivity index is -0.000000486. The van der Waals surface area contributed by atoms with Gasteiger partial charge in [0.2, 0.25) is 0 Å². The van der Waals surface area contributed by atoms with E-state index in [9.17, 15) is 0 Å². The van der Waals surface area contributed by atoms with E-state index in [1.807, 2.05) is 52.0 Å². The van der Waals surface area contributed by atoms with E-state index in [2.05, 4.69) is 130 Å². The minimum absolute atomic E-state index is 0.898. The molecule has 0 aliphatic heterocycles. The van der Waals surface area contributed by atoms with Gasteiger partial charge in [0.25, 0.3) is 0 Å². The average molecular weight is 561 g/mol. The smallest absolute Gasteiger partial charge is 0.137 e. The molecular weight excluding hydrogens is 500 g/mol. The highest BCUT2D eigenvalue weighted by Crippen LogP contribution is 2.14. The number of nitrogens with two attached hydrogens (primary N) is 1. The lowest BCUT2D eigenvalue weighted by Gasteiger charge is -2.07. The zero-order valence-electron chi connectivity index (χ0n) is 28.2. The van der Waals surface area contributed by atoms with Crippen molar-refractivity contribution in [2.75, 3.05) is 7.05 Å². The quantitative estimate of drug-likeness (QED) is 0.231. The van der Waals surface area contributed by atoms with Crippen LogP contribution >= 0.6 is 0 Å². The summed E-state index contributed by atoms with van der Waals surface area (Å²) >= 11 is 0. The zero-order valence-corrected chi connectivity index (χ0v) is 28.2. The summed E-state index contributed by atoms with van der Waals surface area (Å²) < 4.78 is 2.10. The van der Waals surface area contributed by atoms with Crippen molar-refractivity contribution in [3.63, 3.8) is 0 Å². The molecule has 1 aromatic heterocycles. The summed E-state index contributed by atoms with van der Waals surface area (Å²) in [6.07, 6.45) is 14.1. The first kappa shape index (κ1) is 42.0. The summed E-state index contributed by atoms with van der Waals surface area (Å²) in [6.45, 7) is 27.8. The van der Waals surface area contributed by atoms with Crippen molar-refractivity contribution in [1.29, 1.82) is 0 Å². The molecule has 1 heterocycles. The van der Waals surface area contributed by atoms with Crippen molar-refractivity contribution in [3.05, 3.63) is 126 Å². The van der Waals surface area contributed by atoms with Crippen LogP contribution < -0.4 is 5.73 Å². The van der Waals surface area contributed by atoms with Crippen LogP contribution in [0.25, 0.3) is 5.69 Å². The van der Waals surface area contributed by atoms with E-state index in [1.54, 1.807) is 0 Å². The first-order chi connectivity index (χ1) is 19.8. The topological polar surface area (TPSA) is 56.7 Å². The highest BCUT2D eigenvalue weighted by Gasteiger charge is 2.08. The van der Waals surface area contributed by atoms with Gasteiger partial charge in [-0.15, -0.1) is 16.8 Å². The number of aromatic nitrogens is 3. The first-order valence-electron chi connectivity index (χ1n) is 15.0. The number of rotatable bonds is 7. The van der Waals surface area contributed by atoms with Crippen molar-refractivity contribution in [2.24, 2.45) is 5.73 Å². The van der Waals surface area contributed by atoms with E-state index in [1.165, 1.54) is 29.3 Å². The maximum Gasteiger partial charge on any atom is 0.137 e. The average Bonchev–Trinajstić information content (AvgIpc) is 3.40. The van der Waals surface area contributed by atoms with Crippen LogP contribution in [0.2, 0.25) is 0 Å². The summed E-state index contributed by atoms with van der Waals surface area (Å²) in [4.78, 5) is 0. The number of allylic oxidation sites excluding steroid dienone is 6. The van der Waals surface area contributed by atoms with Gasteiger partial charge in [-0.3, -0.25) is 4.57 Å². The normalized spacial score (nSPS) is 9.61. The molecule has 0 aliphatic carbocycles. The molecule has 0 saturated carbocycles. The van der Waals surface area contributed by atoms with Crippen molar-refractivity contribution in [3.8, 4) is 5.69 Å². The minimum Gasteiger partial charge on any atom is -0.333 e. The Labute approximate surface area is 253 Å². The number of aryl methyl sites for hydroxylation is 5. The van der Waals surface area contributed by atoms with Crippen LogP contribution in [0.1, 0.15) is 89.6 Å². The third kappa shape index (κ3) is 20.1. The summed E-state index contributed by atoms with van der Waals surface area (Å²) in [5.74, 6) is 1.95. The molecule has 2 aromatic carbocycles. The SMILES string of the molecule is C=C/C=C(\C=C/C)CC.C=CCC.CC.CCc1cccc(C)c1.CCc1nnc(C)n1-c1cccc(C)c1.CN. The van der Waals surface area contributed by atoms with E-state index in [0.717, 1.165) is 43.0 Å². The first-order valence-corrected chi connectivity index (χ1v) is 15.0. The number of nitrogens with zero attached hydrogens (tertiary/aromatic N) is 3. The van der Waals surface area contributed by atoms with Crippen LogP contribution in [-0.2, 0) is 12.8 Å². The lowest BCUT2D eigenvalue weighted by Crippen LogP contribution is -2.02. The molecule has 3 aromatic rings. The largest absolute Gasteiger partial charge is 0.333 e. The molecule has 228 valence electrons. The summed E-state index contributed by atoms with van der Waals surface area (Å²) in [5.41, 5.74) is 11.0.